The van der Waals surface area contributed by atoms with E-state index in [0.29, 0.717) is 29.2 Å². The van der Waals surface area contributed by atoms with E-state index in [0.717, 1.165) is 25.7 Å². The van der Waals surface area contributed by atoms with Crippen LogP contribution in [0, 0.1) is 5.82 Å². The first-order chi connectivity index (χ1) is 10.6. The Hall–Kier alpha value is -1.79. The van der Waals surface area contributed by atoms with Gasteiger partial charge in [0.2, 0.25) is 0 Å². The largest absolute Gasteiger partial charge is 0.328 e. The Kier molecular flexibility index (Phi) is 4.22. The van der Waals surface area contributed by atoms with Gasteiger partial charge in [-0.15, -0.1) is 0 Å². The Morgan fingerprint density at radius 3 is 2.82 bits per heavy atom. The van der Waals surface area contributed by atoms with E-state index in [4.69, 9.17) is 5.73 Å². The molecule has 3 rings (SSSR count). The van der Waals surface area contributed by atoms with Crippen LogP contribution in [-0.2, 0) is 13.6 Å². The van der Waals surface area contributed by atoms with E-state index in [9.17, 15) is 9.18 Å². The van der Waals surface area contributed by atoms with Gasteiger partial charge in [-0.25, -0.2) is 4.39 Å². The lowest BCUT2D eigenvalue weighted by atomic mass is 9.92. The maximum Gasteiger partial charge on any atom is 0.250 e. The van der Waals surface area contributed by atoms with Gasteiger partial charge in [-0.1, -0.05) is 0 Å². The van der Waals surface area contributed by atoms with Gasteiger partial charge in [0.25, 0.3) is 5.56 Å². The van der Waals surface area contributed by atoms with Crippen LogP contribution in [0.2, 0.25) is 0 Å². The van der Waals surface area contributed by atoms with Gasteiger partial charge in [-0.05, 0) is 31.7 Å². The third-order valence-corrected chi connectivity index (χ3v) is 4.52. The first kappa shape index (κ1) is 15.1. The lowest BCUT2D eigenvalue weighted by Crippen LogP contribution is -2.37. The summed E-state index contributed by atoms with van der Waals surface area (Å²) in [6.07, 6.45) is 5.22. The standard InChI is InChI=1S/C16H21FN4O/c1-21-15(22)7-6-14-16(21)12(13(17)9-20-14)8-19-11-4-2-10(18)3-5-11/h6-7,9-11,19H,2-5,8,18H2,1H3/t10-,11-. The fraction of sp³-hybridized carbons (Fsp3) is 0.500. The zero-order valence-electron chi connectivity index (χ0n) is 12.7. The molecule has 0 saturated heterocycles. The van der Waals surface area contributed by atoms with Crippen molar-refractivity contribution < 1.29 is 4.39 Å². The van der Waals surface area contributed by atoms with Crippen molar-refractivity contribution >= 4 is 11.0 Å². The van der Waals surface area contributed by atoms with E-state index in [1.807, 2.05) is 0 Å². The van der Waals surface area contributed by atoms with Crippen molar-refractivity contribution in [2.45, 2.75) is 44.3 Å². The number of halogens is 1. The molecule has 0 amide bonds. The van der Waals surface area contributed by atoms with Gasteiger partial charge < -0.3 is 15.6 Å². The molecule has 2 heterocycles. The molecular formula is C16H21FN4O. The maximum atomic E-state index is 14.2. The molecule has 3 N–H and O–H groups in total. The second-order valence-electron chi connectivity index (χ2n) is 6.04. The van der Waals surface area contributed by atoms with E-state index >= 15 is 0 Å². The van der Waals surface area contributed by atoms with Crippen molar-refractivity contribution in [1.82, 2.24) is 14.9 Å². The highest BCUT2D eigenvalue weighted by atomic mass is 19.1. The lowest BCUT2D eigenvalue weighted by molar-refractivity contribution is 0.340. The third-order valence-electron chi connectivity index (χ3n) is 4.52. The maximum absolute atomic E-state index is 14.2. The highest BCUT2D eigenvalue weighted by molar-refractivity contribution is 5.78. The molecule has 0 radical (unpaired) electrons. The monoisotopic (exact) mass is 304 g/mol. The lowest BCUT2D eigenvalue weighted by Gasteiger charge is -2.27. The van der Waals surface area contributed by atoms with Gasteiger partial charge in [0.1, 0.15) is 5.82 Å². The Bertz CT molecular complexity index is 735. The third kappa shape index (κ3) is 2.89. The Morgan fingerprint density at radius 1 is 1.36 bits per heavy atom. The van der Waals surface area contributed by atoms with Crippen LogP contribution < -0.4 is 16.6 Å². The van der Waals surface area contributed by atoms with E-state index < -0.39 is 0 Å². The quantitative estimate of drug-likeness (QED) is 0.900. The number of nitrogens with two attached hydrogens (primary N) is 1. The molecule has 0 atom stereocenters. The van der Waals surface area contributed by atoms with Crippen molar-refractivity contribution in [3.63, 3.8) is 0 Å². The van der Waals surface area contributed by atoms with Gasteiger partial charge in [-0.3, -0.25) is 9.78 Å². The summed E-state index contributed by atoms with van der Waals surface area (Å²) in [5, 5.41) is 3.40. The molecule has 6 heteroatoms. The molecule has 0 unspecified atom stereocenters. The first-order valence-electron chi connectivity index (χ1n) is 7.68. The molecule has 118 valence electrons. The van der Waals surface area contributed by atoms with Crippen LogP contribution in [0.4, 0.5) is 4.39 Å². The first-order valence-corrected chi connectivity index (χ1v) is 7.68. The van der Waals surface area contributed by atoms with Crippen LogP contribution in [0.3, 0.4) is 0 Å². The molecule has 1 aliphatic carbocycles. The van der Waals surface area contributed by atoms with Crippen molar-refractivity contribution in [1.29, 1.82) is 0 Å². The summed E-state index contributed by atoms with van der Waals surface area (Å²) in [6, 6.07) is 3.73. The topological polar surface area (TPSA) is 72.9 Å². The summed E-state index contributed by atoms with van der Waals surface area (Å²) < 4.78 is 15.7. The number of aryl methyl sites for hydroxylation is 1. The summed E-state index contributed by atoms with van der Waals surface area (Å²) in [5.74, 6) is -0.381. The Morgan fingerprint density at radius 2 is 2.09 bits per heavy atom. The minimum Gasteiger partial charge on any atom is -0.328 e. The predicted octanol–water partition coefficient (Wildman–Crippen LogP) is 1.43. The van der Waals surface area contributed by atoms with Gasteiger partial charge in [-0.2, -0.15) is 0 Å². The molecule has 2 aromatic rings. The van der Waals surface area contributed by atoms with Gasteiger partial charge in [0.15, 0.2) is 0 Å². The molecule has 0 aliphatic heterocycles. The average molecular weight is 304 g/mol. The number of nitrogens with one attached hydrogen (secondary N) is 1. The molecule has 22 heavy (non-hydrogen) atoms. The number of hydrogen-bond acceptors (Lipinski definition) is 4. The molecule has 2 aromatic heterocycles. The van der Waals surface area contributed by atoms with E-state index in [1.165, 1.54) is 16.8 Å². The summed E-state index contributed by atoms with van der Waals surface area (Å²) in [7, 11) is 1.65. The summed E-state index contributed by atoms with van der Waals surface area (Å²) in [6.45, 7) is 0.391. The van der Waals surface area contributed by atoms with E-state index in [-0.39, 0.29) is 17.4 Å². The number of hydrogen-bond donors (Lipinski definition) is 2. The fourth-order valence-corrected chi connectivity index (χ4v) is 3.14. The Balaban J connectivity index is 1.88. The number of nitrogens with zero attached hydrogens (tertiary/aromatic N) is 2. The number of pyridine rings is 2. The molecule has 1 aliphatic rings. The molecular weight excluding hydrogens is 283 g/mol. The zero-order valence-corrected chi connectivity index (χ0v) is 12.7. The van der Waals surface area contributed by atoms with Crippen LogP contribution in [0.15, 0.2) is 23.1 Å². The van der Waals surface area contributed by atoms with Crippen LogP contribution in [0.25, 0.3) is 11.0 Å². The number of rotatable bonds is 3. The Labute approximate surface area is 128 Å². The van der Waals surface area contributed by atoms with Crippen LogP contribution in [-0.4, -0.2) is 21.6 Å². The molecule has 1 fully saturated rings. The van der Waals surface area contributed by atoms with Crippen molar-refractivity contribution in [2.24, 2.45) is 12.8 Å². The zero-order chi connectivity index (χ0) is 15.7. The van der Waals surface area contributed by atoms with Crippen LogP contribution >= 0.6 is 0 Å². The molecule has 0 bridgehead atoms. The van der Waals surface area contributed by atoms with E-state index in [2.05, 4.69) is 10.3 Å². The second kappa shape index (κ2) is 6.14. The predicted molar refractivity (Wildman–Crippen MR) is 84.0 cm³/mol. The van der Waals surface area contributed by atoms with Crippen molar-refractivity contribution in [3.8, 4) is 0 Å². The van der Waals surface area contributed by atoms with E-state index in [1.54, 1.807) is 13.1 Å². The number of fused-ring (bicyclic) bond motifs is 1. The van der Waals surface area contributed by atoms with Crippen molar-refractivity contribution in [2.75, 3.05) is 0 Å². The highest BCUT2D eigenvalue weighted by Crippen LogP contribution is 2.20. The molecule has 5 nitrogen and oxygen atoms in total. The van der Waals surface area contributed by atoms with Gasteiger partial charge in [0, 0.05) is 37.3 Å². The van der Waals surface area contributed by atoms with Crippen LogP contribution in [0.5, 0.6) is 0 Å². The summed E-state index contributed by atoms with van der Waals surface area (Å²) >= 11 is 0. The normalized spacial score (nSPS) is 22.1. The highest BCUT2D eigenvalue weighted by Gasteiger charge is 2.19. The number of aromatic nitrogens is 2. The summed E-state index contributed by atoms with van der Waals surface area (Å²) in [4.78, 5) is 15.9. The van der Waals surface area contributed by atoms with Gasteiger partial charge in [0.05, 0.1) is 17.2 Å². The summed E-state index contributed by atoms with van der Waals surface area (Å²) in [5.41, 5.74) is 7.44. The fourth-order valence-electron chi connectivity index (χ4n) is 3.14. The smallest absolute Gasteiger partial charge is 0.250 e. The van der Waals surface area contributed by atoms with Crippen LogP contribution in [0.1, 0.15) is 31.2 Å². The molecule has 0 aromatic carbocycles. The molecule has 1 saturated carbocycles. The minimum absolute atomic E-state index is 0.162. The van der Waals surface area contributed by atoms with Gasteiger partial charge >= 0.3 is 0 Å². The van der Waals surface area contributed by atoms with Crippen molar-refractivity contribution in [3.05, 3.63) is 40.1 Å². The average Bonchev–Trinajstić information content (AvgIpc) is 2.52. The molecule has 0 spiro atoms. The second-order valence-corrected chi connectivity index (χ2v) is 6.04. The SMILES string of the molecule is Cn1c(=O)ccc2ncc(F)c(CN[C@H]3CC[C@H](N)CC3)c21. The minimum atomic E-state index is -0.381.